The van der Waals surface area contributed by atoms with Gasteiger partial charge >= 0.3 is 0 Å². The summed E-state index contributed by atoms with van der Waals surface area (Å²) >= 11 is 0. The molecule has 28 heavy (non-hydrogen) atoms. The molecule has 6 heteroatoms. The summed E-state index contributed by atoms with van der Waals surface area (Å²) < 4.78 is 11.1. The Kier molecular flexibility index (Phi) is 8.61. The largest absolute Gasteiger partial charge is 0.493 e. The zero-order valence-corrected chi connectivity index (χ0v) is 17.3. The number of hydrogen-bond acceptors (Lipinski definition) is 4. The summed E-state index contributed by atoms with van der Waals surface area (Å²) in [6.07, 6.45) is 1.37. The van der Waals surface area contributed by atoms with Gasteiger partial charge in [0.15, 0.2) is 11.5 Å². The number of carbonyl (C=O) groups excluding carboxylic acids is 1. The van der Waals surface area contributed by atoms with E-state index in [-0.39, 0.29) is 24.4 Å². The Labute approximate surface area is 173 Å². The third-order valence-electron chi connectivity index (χ3n) is 4.98. The lowest BCUT2D eigenvalue weighted by atomic mass is 10.0. The Morgan fingerprint density at radius 1 is 1.14 bits per heavy atom. The number of methoxy groups -OCH3 is 1. The summed E-state index contributed by atoms with van der Waals surface area (Å²) in [4.78, 5) is 14.8. The van der Waals surface area contributed by atoms with Crippen LogP contribution in [0, 0.1) is 0 Å². The number of halogens is 1. The van der Waals surface area contributed by atoms with Gasteiger partial charge < -0.3 is 19.7 Å². The first-order valence-electron chi connectivity index (χ1n) is 9.57. The standard InChI is InChI=1S/C22H28N2O3.ClH/c1-3-17-8-10-18(11-9-17)19-16-23-13-14-24(19)22(25)12-15-27-21-7-5-4-6-20(21)26-2;/h4-11,19,23H,3,12-16H2,1-2H3;1H. The second kappa shape index (κ2) is 10.9. The number of aryl methyl sites for hydroxylation is 1. The molecule has 2 aromatic rings. The molecular formula is C22H29ClN2O3. The summed E-state index contributed by atoms with van der Waals surface area (Å²) in [5.41, 5.74) is 2.49. The summed E-state index contributed by atoms with van der Waals surface area (Å²) in [7, 11) is 1.61. The van der Waals surface area contributed by atoms with Crippen LogP contribution in [0.5, 0.6) is 11.5 Å². The van der Waals surface area contributed by atoms with Crippen molar-refractivity contribution in [1.82, 2.24) is 10.2 Å². The van der Waals surface area contributed by atoms with Crippen molar-refractivity contribution in [2.75, 3.05) is 33.4 Å². The number of carbonyl (C=O) groups is 1. The Morgan fingerprint density at radius 2 is 1.86 bits per heavy atom. The molecule has 1 atom stereocenters. The number of piperazine rings is 1. The molecule has 0 aromatic heterocycles. The van der Waals surface area contributed by atoms with E-state index in [0.29, 0.717) is 31.1 Å². The first-order chi connectivity index (χ1) is 13.2. The summed E-state index contributed by atoms with van der Waals surface area (Å²) in [6.45, 7) is 4.81. The molecule has 0 bridgehead atoms. The second-order valence-electron chi connectivity index (χ2n) is 6.65. The van der Waals surface area contributed by atoms with Crippen LogP contribution in [0.3, 0.4) is 0 Å². The predicted octanol–water partition coefficient (Wildman–Crippen LogP) is 3.62. The highest BCUT2D eigenvalue weighted by atomic mass is 35.5. The van der Waals surface area contributed by atoms with Gasteiger partial charge in [0.2, 0.25) is 5.91 Å². The van der Waals surface area contributed by atoms with Crippen LogP contribution in [-0.4, -0.2) is 44.2 Å². The second-order valence-corrected chi connectivity index (χ2v) is 6.65. The third kappa shape index (κ3) is 5.40. The molecule has 1 heterocycles. The fraction of sp³-hybridized carbons (Fsp3) is 0.409. The lowest BCUT2D eigenvalue weighted by Gasteiger charge is -2.36. The van der Waals surface area contributed by atoms with Crippen molar-refractivity contribution in [2.45, 2.75) is 25.8 Å². The van der Waals surface area contributed by atoms with Crippen molar-refractivity contribution in [3.63, 3.8) is 0 Å². The highest BCUT2D eigenvalue weighted by Crippen LogP contribution is 2.27. The van der Waals surface area contributed by atoms with E-state index in [1.54, 1.807) is 7.11 Å². The van der Waals surface area contributed by atoms with E-state index in [1.165, 1.54) is 11.1 Å². The van der Waals surface area contributed by atoms with Crippen LogP contribution in [0.15, 0.2) is 48.5 Å². The van der Waals surface area contributed by atoms with Gasteiger partial charge in [-0.2, -0.15) is 0 Å². The van der Waals surface area contributed by atoms with E-state index in [2.05, 4.69) is 36.5 Å². The maximum Gasteiger partial charge on any atom is 0.226 e. The van der Waals surface area contributed by atoms with Crippen LogP contribution < -0.4 is 14.8 Å². The quantitative estimate of drug-likeness (QED) is 0.765. The van der Waals surface area contributed by atoms with Crippen molar-refractivity contribution >= 4 is 18.3 Å². The van der Waals surface area contributed by atoms with Gasteiger partial charge in [0.25, 0.3) is 0 Å². The van der Waals surface area contributed by atoms with Crippen LogP contribution in [0.1, 0.15) is 30.5 Å². The zero-order chi connectivity index (χ0) is 19.1. The fourth-order valence-corrected chi connectivity index (χ4v) is 3.41. The van der Waals surface area contributed by atoms with E-state index in [4.69, 9.17) is 9.47 Å². The summed E-state index contributed by atoms with van der Waals surface area (Å²) in [5, 5.41) is 3.40. The van der Waals surface area contributed by atoms with E-state index < -0.39 is 0 Å². The highest BCUT2D eigenvalue weighted by Gasteiger charge is 2.27. The molecule has 2 aromatic carbocycles. The van der Waals surface area contributed by atoms with Crippen LogP contribution >= 0.6 is 12.4 Å². The molecule has 1 unspecified atom stereocenters. The number of nitrogens with zero attached hydrogens (tertiary/aromatic N) is 1. The monoisotopic (exact) mass is 404 g/mol. The van der Waals surface area contributed by atoms with Crippen LogP contribution in [0.25, 0.3) is 0 Å². The molecule has 1 aliphatic heterocycles. The number of amides is 1. The van der Waals surface area contributed by atoms with E-state index in [0.717, 1.165) is 19.5 Å². The van der Waals surface area contributed by atoms with Crippen LogP contribution in [0.2, 0.25) is 0 Å². The van der Waals surface area contributed by atoms with Gasteiger partial charge in [0, 0.05) is 19.6 Å². The third-order valence-corrected chi connectivity index (χ3v) is 4.98. The molecule has 1 aliphatic rings. The summed E-state index contributed by atoms with van der Waals surface area (Å²) in [6, 6.07) is 16.1. The Balaban J connectivity index is 0.00000280. The van der Waals surface area contributed by atoms with E-state index in [1.807, 2.05) is 29.2 Å². The lowest BCUT2D eigenvalue weighted by molar-refractivity contribution is -0.135. The zero-order valence-electron chi connectivity index (χ0n) is 16.5. The first kappa shape index (κ1) is 22.1. The van der Waals surface area contributed by atoms with Crippen molar-refractivity contribution < 1.29 is 14.3 Å². The number of rotatable bonds is 7. The van der Waals surface area contributed by atoms with Gasteiger partial charge in [0.05, 0.1) is 26.2 Å². The minimum absolute atomic E-state index is 0. The topological polar surface area (TPSA) is 50.8 Å². The smallest absolute Gasteiger partial charge is 0.226 e. The molecule has 0 saturated carbocycles. The van der Waals surface area contributed by atoms with Gasteiger partial charge in [-0.1, -0.05) is 43.3 Å². The number of para-hydroxylation sites is 2. The molecule has 1 N–H and O–H groups in total. The molecule has 1 saturated heterocycles. The Hall–Kier alpha value is -2.24. The number of benzene rings is 2. The van der Waals surface area contributed by atoms with E-state index >= 15 is 0 Å². The normalized spacial score (nSPS) is 16.2. The van der Waals surface area contributed by atoms with Gasteiger partial charge in [-0.15, -0.1) is 12.4 Å². The average Bonchev–Trinajstić information content (AvgIpc) is 2.74. The predicted molar refractivity (Wildman–Crippen MR) is 113 cm³/mol. The van der Waals surface area contributed by atoms with Crippen molar-refractivity contribution in [3.8, 4) is 11.5 Å². The molecule has 152 valence electrons. The SMILES string of the molecule is CCc1ccc(C2CNCCN2C(=O)CCOc2ccccc2OC)cc1.Cl. The van der Waals surface area contributed by atoms with Gasteiger partial charge in [-0.25, -0.2) is 0 Å². The van der Waals surface area contributed by atoms with Crippen molar-refractivity contribution in [3.05, 3.63) is 59.7 Å². The van der Waals surface area contributed by atoms with Crippen molar-refractivity contribution in [1.29, 1.82) is 0 Å². The first-order valence-corrected chi connectivity index (χ1v) is 9.57. The fourth-order valence-electron chi connectivity index (χ4n) is 3.41. The summed E-state index contributed by atoms with van der Waals surface area (Å²) in [5.74, 6) is 1.47. The molecule has 0 aliphatic carbocycles. The maximum atomic E-state index is 12.8. The number of ether oxygens (including phenoxy) is 2. The van der Waals surface area contributed by atoms with Crippen molar-refractivity contribution in [2.24, 2.45) is 0 Å². The van der Waals surface area contributed by atoms with E-state index in [9.17, 15) is 4.79 Å². The molecule has 3 rings (SSSR count). The van der Waals surface area contributed by atoms with Gasteiger partial charge in [-0.05, 0) is 29.7 Å². The minimum atomic E-state index is 0. The average molecular weight is 405 g/mol. The van der Waals surface area contributed by atoms with Gasteiger partial charge in [-0.3, -0.25) is 4.79 Å². The highest BCUT2D eigenvalue weighted by molar-refractivity contribution is 5.85. The molecule has 1 fully saturated rings. The lowest BCUT2D eigenvalue weighted by Crippen LogP contribution is -2.48. The van der Waals surface area contributed by atoms with Gasteiger partial charge in [0.1, 0.15) is 0 Å². The Bertz CT molecular complexity index is 752. The molecule has 5 nitrogen and oxygen atoms in total. The number of nitrogens with one attached hydrogen (secondary N) is 1. The number of hydrogen-bond donors (Lipinski definition) is 1. The molecule has 0 radical (unpaired) electrons. The molecule has 0 spiro atoms. The maximum absolute atomic E-state index is 12.8. The Morgan fingerprint density at radius 3 is 2.54 bits per heavy atom. The molecule has 1 amide bonds. The van der Waals surface area contributed by atoms with Crippen LogP contribution in [0.4, 0.5) is 0 Å². The van der Waals surface area contributed by atoms with Crippen LogP contribution in [-0.2, 0) is 11.2 Å². The minimum Gasteiger partial charge on any atom is -0.493 e. The molecular weight excluding hydrogens is 376 g/mol.